The van der Waals surface area contributed by atoms with E-state index in [2.05, 4.69) is 53.6 Å². The van der Waals surface area contributed by atoms with E-state index < -0.39 is 0 Å². The molecule has 0 radical (unpaired) electrons. The van der Waals surface area contributed by atoms with Crippen molar-refractivity contribution >= 4 is 18.4 Å². The van der Waals surface area contributed by atoms with Crippen LogP contribution < -0.4 is 0 Å². The van der Waals surface area contributed by atoms with Crippen LogP contribution in [0.15, 0.2) is 11.2 Å². The Kier molecular flexibility index (Phi) is 4.04. The first kappa shape index (κ1) is 15.2. The van der Waals surface area contributed by atoms with Crippen LogP contribution in [0.3, 0.4) is 0 Å². The zero-order chi connectivity index (χ0) is 15.9. The fourth-order valence-corrected chi connectivity index (χ4v) is 2.93. The SMILES string of the molecule is Cc1cc(/C=N\n2c(C3CC3)n[nH]c2=S)c(C)n1CC(C)C. The van der Waals surface area contributed by atoms with Crippen molar-refractivity contribution in [3.8, 4) is 0 Å². The number of aromatic amines is 1. The normalized spacial score (nSPS) is 15.3. The lowest BCUT2D eigenvalue weighted by molar-refractivity contribution is 0.509. The van der Waals surface area contributed by atoms with Gasteiger partial charge in [-0.15, -0.1) is 0 Å². The Hall–Kier alpha value is -1.69. The van der Waals surface area contributed by atoms with Gasteiger partial charge < -0.3 is 4.57 Å². The average Bonchev–Trinajstić information content (AvgIpc) is 3.19. The van der Waals surface area contributed by atoms with Gasteiger partial charge in [-0.1, -0.05) is 13.8 Å². The van der Waals surface area contributed by atoms with E-state index in [9.17, 15) is 0 Å². The van der Waals surface area contributed by atoms with Gasteiger partial charge in [0.1, 0.15) is 0 Å². The van der Waals surface area contributed by atoms with Crippen LogP contribution in [0, 0.1) is 24.5 Å². The smallest absolute Gasteiger partial charge is 0.216 e. The van der Waals surface area contributed by atoms with E-state index in [1.165, 1.54) is 24.2 Å². The van der Waals surface area contributed by atoms with E-state index in [-0.39, 0.29) is 0 Å². The Morgan fingerprint density at radius 1 is 1.45 bits per heavy atom. The standard InChI is InChI=1S/C16H23N5S/c1-10(2)9-20-11(3)7-14(12(20)4)8-17-21-15(13-5-6-13)18-19-16(21)22/h7-8,10,13H,5-6,9H2,1-4H3,(H,19,22)/b17-8-. The molecule has 2 heterocycles. The van der Waals surface area contributed by atoms with Crippen LogP contribution in [-0.2, 0) is 6.54 Å². The predicted octanol–water partition coefficient (Wildman–Crippen LogP) is 3.77. The zero-order valence-corrected chi connectivity index (χ0v) is 14.4. The Morgan fingerprint density at radius 2 is 2.18 bits per heavy atom. The van der Waals surface area contributed by atoms with Crippen molar-refractivity contribution in [3.63, 3.8) is 0 Å². The molecule has 1 N–H and O–H groups in total. The number of rotatable bonds is 5. The second-order valence-corrected chi connectivity index (χ2v) is 6.94. The molecule has 1 aliphatic carbocycles. The molecular weight excluding hydrogens is 294 g/mol. The molecule has 0 aromatic carbocycles. The molecule has 2 aromatic rings. The lowest BCUT2D eigenvalue weighted by atomic mass is 10.2. The number of nitrogens with one attached hydrogen (secondary N) is 1. The van der Waals surface area contributed by atoms with E-state index in [1.807, 2.05) is 6.21 Å². The van der Waals surface area contributed by atoms with E-state index in [1.54, 1.807) is 4.68 Å². The molecule has 0 amide bonds. The highest BCUT2D eigenvalue weighted by Gasteiger charge is 2.29. The topological polar surface area (TPSA) is 50.9 Å². The minimum absolute atomic E-state index is 0.512. The van der Waals surface area contributed by atoms with Gasteiger partial charge in [-0.25, -0.2) is 0 Å². The first-order chi connectivity index (χ1) is 10.5. The number of aromatic nitrogens is 4. The quantitative estimate of drug-likeness (QED) is 0.674. The largest absolute Gasteiger partial charge is 0.348 e. The summed E-state index contributed by atoms with van der Waals surface area (Å²) in [5.41, 5.74) is 3.66. The molecule has 2 aromatic heterocycles. The predicted molar refractivity (Wildman–Crippen MR) is 91.1 cm³/mol. The van der Waals surface area contributed by atoms with Gasteiger partial charge in [0.15, 0.2) is 5.82 Å². The molecule has 0 aliphatic heterocycles. The van der Waals surface area contributed by atoms with Gasteiger partial charge in [-0.05, 0) is 50.9 Å². The van der Waals surface area contributed by atoms with Crippen molar-refractivity contribution in [3.05, 3.63) is 33.6 Å². The fourth-order valence-electron chi connectivity index (χ4n) is 2.75. The molecule has 1 saturated carbocycles. The van der Waals surface area contributed by atoms with E-state index in [0.717, 1.165) is 17.9 Å². The number of H-pyrrole nitrogens is 1. The maximum Gasteiger partial charge on any atom is 0.216 e. The van der Waals surface area contributed by atoms with Crippen molar-refractivity contribution < 1.29 is 0 Å². The molecule has 0 unspecified atom stereocenters. The molecule has 0 saturated heterocycles. The minimum Gasteiger partial charge on any atom is -0.348 e. The Balaban J connectivity index is 1.90. The van der Waals surface area contributed by atoms with Crippen molar-refractivity contribution in [1.29, 1.82) is 0 Å². The number of hydrogen-bond acceptors (Lipinski definition) is 3. The third kappa shape index (κ3) is 2.92. The maximum atomic E-state index is 5.28. The number of hydrogen-bond donors (Lipinski definition) is 1. The molecule has 22 heavy (non-hydrogen) atoms. The summed E-state index contributed by atoms with van der Waals surface area (Å²) in [7, 11) is 0. The lowest BCUT2D eigenvalue weighted by Crippen LogP contribution is -2.08. The summed E-state index contributed by atoms with van der Waals surface area (Å²) in [4.78, 5) is 0. The van der Waals surface area contributed by atoms with Crippen LogP contribution in [-0.4, -0.2) is 25.7 Å². The molecule has 6 heteroatoms. The van der Waals surface area contributed by atoms with Gasteiger partial charge in [0.05, 0.1) is 6.21 Å². The molecular formula is C16H23N5S. The summed E-state index contributed by atoms with van der Waals surface area (Å²) in [6.45, 7) is 9.79. The van der Waals surface area contributed by atoms with Crippen molar-refractivity contribution in [2.45, 2.75) is 53.0 Å². The van der Waals surface area contributed by atoms with E-state index in [0.29, 0.717) is 16.6 Å². The van der Waals surface area contributed by atoms with Crippen LogP contribution in [0.4, 0.5) is 0 Å². The summed E-state index contributed by atoms with van der Waals surface area (Å²) >= 11 is 5.28. The number of nitrogens with zero attached hydrogens (tertiary/aromatic N) is 4. The van der Waals surface area contributed by atoms with Gasteiger partial charge in [-0.2, -0.15) is 14.9 Å². The van der Waals surface area contributed by atoms with Crippen LogP contribution in [0.5, 0.6) is 0 Å². The molecule has 5 nitrogen and oxygen atoms in total. The minimum atomic E-state index is 0.512. The first-order valence-electron chi connectivity index (χ1n) is 7.85. The highest BCUT2D eigenvalue weighted by atomic mass is 32.1. The summed E-state index contributed by atoms with van der Waals surface area (Å²) in [5, 5.41) is 11.7. The van der Waals surface area contributed by atoms with Crippen molar-refractivity contribution in [2.75, 3.05) is 0 Å². The Labute approximate surface area is 136 Å². The second-order valence-electron chi connectivity index (χ2n) is 6.55. The molecule has 0 spiro atoms. The summed E-state index contributed by atoms with van der Waals surface area (Å²) < 4.78 is 4.68. The van der Waals surface area contributed by atoms with Crippen molar-refractivity contribution in [1.82, 2.24) is 19.4 Å². The van der Waals surface area contributed by atoms with Crippen LogP contribution in [0.1, 0.15) is 55.4 Å². The third-order valence-electron chi connectivity index (χ3n) is 4.09. The Bertz CT molecular complexity index is 758. The van der Waals surface area contributed by atoms with Gasteiger partial charge >= 0.3 is 0 Å². The van der Waals surface area contributed by atoms with E-state index >= 15 is 0 Å². The lowest BCUT2D eigenvalue weighted by Gasteiger charge is -2.11. The summed E-state index contributed by atoms with van der Waals surface area (Å²) in [6, 6.07) is 2.18. The molecule has 1 fully saturated rings. The van der Waals surface area contributed by atoms with Crippen LogP contribution >= 0.6 is 12.2 Å². The fraction of sp³-hybridized carbons (Fsp3) is 0.562. The van der Waals surface area contributed by atoms with Crippen molar-refractivity contribution in [2.24, 2.45) is 11.0 Å². The monoisotopic (exact) mass is 317 g/mol. The molecule has 118 valence electrons. The summed E-state index contributed by atoms with van der Waals surface area (Å²) in [5.74, 6) is 2.09. The average molecular weight is 317 g/mol. The Morgan fingerprint density at radius 3 is 2.82 bits per heavy atom. The van der Waals surface area contributed by atoms with Gasteiger partial charge in [0.2, 0.25) is 4.77 Å². The maximum absolute atomic E-state index is 5.28. The zero-order valence-electron chi connectivity index (χ0n) is 13.6. The highest BCUT2D eigenvalue weighted by Crippen LogP contribution is 2.38. The molecule has 0 bridgehead atoms. The van der Waals surface area contributed by atoms with Gasteiger partial charge in [-0.3, -0.25) is 5.10 Å². The highest BCUT2D eigenvalue weighted by molar-refractivity contribution is 7.71. The summed E-state index contributed by atoms with van der Waals surface area (Å²) in [6.07, 6.45) is 4.26. The van der Waals surface area contributed by atoms with E-state index in [4.69, 9.17) is 12.2 Å². The van der Waals surface area contributed by atoms with Gasteiger partial charge in [0, 0.05) is 29.4 Å². The van der Waals surface area contributed by atoms with Crippen LogP contribution in [0.25, 0.3) is 0 Å². The molecule has 1 aliphatic rings. The van der Waals surface area contributed by atoms with Gasteiger partial charge in [0.25, 0.3) is 0 Å². The third-order valence-corrected chi connectivity index (χ3v) is 4.36. The van der Waals surface area contributed by atoms with Crippen LogP contribution in [0.2, 0.25) is 0 Å². The number of aryl methyl sites for hydroxylation is 1. The first-order valence-corrected chi connectivity index (χ1v) is 8.26. The molecule has 3 rings (SSSR count). The second kappa shape index (κ2) is 5.83. The molecule has 0 atom stereocenters.